The number of aryl methyl sites for hydroxylation is 3. The molecule has 1 aliphatic carbocycles. The summed E-state index contributed by atoms with van der Waals surface area (Å²) in [4.78, 5) is 11.6. The molecule has 3 rings (SSSR count). The summed E-state index contributed by atoms with van der Waals surface area (Å²) in [6.07, 6.45) is 2.23. The van der Waals surface area contributed by atoms with Crippen LogP contribution in [0.3, 0.4) is 0 Å². The lowest BCUT2D eigenvalue weighted by Crippen LogP contribution is -2.27. The fraction of sp³-hybridized carbons (Fsp3) is 0.474. The van der Waals surface area contributed by atoms with E-state index >= 15 is 0 Å². The minimum absolute atomic E-state index is 0.110. The van der Waals surface area contributed by atoms with Crippen molar-refractivity contribution in [3.8, 4) is 0 Å². The smallest absolute Gasteiger partial charge is 0.240 e. The van der Waals surface area contributed by atoms with Crippen molar-refractivity contribution in [2.75, 3.05) is 6.54 Å². The number of nitrogens with zero attached hydrogens (tertiary/aromatic N) is 2. The van der Waals surface area contributed by atoms with E-state index in [2.05, 4.69) is 15.1 Å². The van der Waals surface area contributed by atoms with Crippen molar-refractivity contribution in [3.05, 3.63) is 46.3 Å². The van der Waals surface area contributed by atoms with Crippen LogP contribution in [0.25, 0.3) is 0 Å². The van der Waals surface area contributed by atoms with Gasteiger partial charge in [0.1, 0.15) is 0 Å². The Bertz CT molecular complexity index is 979. The highest BCUT2D eigenvalue weighted by Crippen LogP contribution is 2.32. The zero-order chi connectivity index (χ0) is 19.8. The van der Waals surface area contributed by atoms with Gasteiger partial charge in [0.15, 0.2) is 0 Å². The van der Waals surface area contributed by atoms with Crippen LogP contribution in [0.1, 0.15) is 47.5 Å². The van der Waals surface area contributed by atoms with Crippen LogP contribution >= 0.6 is 0 Å². The van der Waals surface area contributed by atoms with Crippen LogP contribution in [0.15, 0.2) is 23.1 Å². The van der Waals surface area contributed by atoms with E-state index in [4.69, 9.17) is 0 Å². The molecule has 0 spiro atoms. The normalized spacial score (nSPS) is 16.4. The number of sulfonamides is 1. The van der Waals surface area contributed by atoms with Crippen molar-refractivity contribution in [2.24, 2.45) is 7.05 Å². The lowest BCUT2D eigenvalue weighted by molar-refractivity contribution is -0.119. The average molecular weight is 391 g/mol. The number of carbonyl (C=O) groups is 1. The third-order valence-electron chi connectivity index (χ3n) is 5.21. The predicted molar refractivity (Wildman–Crippen MR) is 103 cm³/mol. The summed E-state index contributed by atoms with van der Waals surface area (Å²) in [6, 6.07) is 5.05. The standard InChI is InChI=1S/C19H26N4O3S/c1-12-17(13(2)23(4)22-12)9-10-20-27(25,26)16-7-5-15-6-8-19(18(15)11-16)21-14(3)24/h5,7,11,19-20H,6,8-10H2,1-4H3,(H,21,24)/t19-/m0/s1. The SMILES string of the molecule is CC(=O)N[C@H]1CCc2ccc(S(=O)(=O)NCCc3c(C)nn(C)c3C)cc21. The Labute approximate surface area is 160 Å². The van der Waals surface area contributed by atoms with E-state index in [0.29, 0.717) is 13.0 Å². The molecule has 0 unspecified atom stereocenters. The number of hydrogen-bond donors (Lipinski definition) is 2. The van der Waals surface area contributed by atoms with Gasteiger partial charge in [0.2, 0.25) is 15.9 Å². The van der Waals surface area contributed by atoms with Crippen LogP contribution in [-0.4, -0.2) is 30.7 Å². The third-order valence-corrected chi connectivity index (χ3v) is 6.67. The Morgan fingerprint density at radius 1 is 1.33 bits per heavy atom. The molecule has 0 saturated heterocycles. The molecule has 0 fully saturated rings. The molecule has 1 heterocycles. The minimum atomic E-state index is -3.61. The summed E-state index contributed by atoms with van der Waals surface area (Å²) in [5.74, 6) is -0.110. The molecule has 1 aliphatic rings. The Kier molecular flexibility index (Phi) is 5.39. The van der Waals surface area contributed by atoms with Gasteiger partial charge in [0.05, 0.1) is 16.6 Å². The fourth-order valence-electron chi connectivity index (χ4n) is 3.72. The van der Waals surface area contributed by atoms with Crippen molar-refractivity contribution in [1.29, 1.82) is 0 Å². The number of fused-ring (bicyclic) bond motifs is 1. The van der Waals surface area contributed by atoms with Crippen LogP contribution < -0.4 is 10.0 Å². The van der Waals surface area contributed by atoms with E-state index in [1.807, 2.05) is 31.6 Å². The van der Waals surface area contributed by atoms with E-state index in [0.717, 1.165) is 40.9 Å². The second-order valence-corrected chi connectivity index (χ2v) is 8.84. The average Bonchev–Trinajstić information content (AvgIpc) is 3.09. The molecule has 27 heavy (non-hydrogen) atoms. The van der Waals surface area contributed by atoms with Crippen LogP contribution in [0, 0.1) is 13.8 Å². The lowest BCUT2D eigenvalue weighted by atomic mass is 10.1. The summed E-state index contributed by atoms with van der Waals surface area (Å²) < 4.78 is 29.9. The molecule has 2 N–H and O–H groups in total. The topological polar surface area (TPSA) is 93.1 Å². The molecule has 8 heteroatoms. The summed E-state index contributed by atoms with van der Waals surface area (Å²) in [7, 11) is -1.73. The Morgan fingerprint density at radius 3 is 2.70 bits per heavy atom. The number of aromatic nitrogens is 2. The van der Waals surface area contributed by atoms with Crippen molar-refractivity contribution < 1.29 is 13.2 Å². The van der Waals surface area contributed by atoms with Gasteiger partial charge >= 0.3 is 0 Å². The third kappa shape index (κ3) is 4.06. The highest BCUT2D eigenvalue weighted by molar-refractivity contribution is 7.89. The maximum atomic E-state index is 12.7. The second kappa shape index (κ2) is 7.44. The maximum absolute atomic E-state index is 12.7. The predicted octanol–water partition coefficient (Wildman–Crippen LogP) is 1.68. The van der Waals surface area contributed by atoms with E-state index < -0.39 is 10.0 Å². The van der Waals surface area contributed by atoms with Gasteiger partial charge in [-0.1, -0.05) is 6.07 Å². The van der Waals surface area contributed by atoms with Gasteiger partial charge in [-0.05, 0) is 61.9 Å². The first kappa shape index (κ1) is 19.6. The summed E-state index contributed by atoms with van der Waals surface area (Å²) in [5, 5.41) is 7.25. The molecular weight excluding hydrogens is 364 g/mol. The molecule has 0 bridgehead atoms. The molecular formula is C19H26N4O3S. The fourth-order valence-corrected chi connectivity index (χ4v) is 4.78. The van der Waals surface area contributed by atoms with Gasteiger partial charge < -0.3 is 5.32 Å². The van der Waals surface area contributed by atoms with Gasteiger partial charge in [-0.15, -0.1) is 0 Å². The molecule has 1 aromatic carbocycles. The highest BCUT2D eigenvalue weighted by atomic mass is 32.2. The van der Waals surface area contributed by atoms with Crippen LogP contribution in [0.5, 0.6) is 0 Å². The molecule has 1 aromatic heterocycles. The number of nitrogens with one attached hydrogen (secondary N) is 2. The van der Waals surface area contributed by atoms with Crippen molar-refractivity contribution in [3.63, 3.8) is 0 Å². The monoisotopic (exact) mass is 390 g/mol. The summed E-state index contributed by atoms with van der Waals surface area (Å²) in [5.41, 5.74) is 5.02. The molecule has 0 radical (unpaired) electrons. The number of hydrogen-bond acceptors (Lipinski definition) is 4. The summed E-state index contributed by atoms with van der Waals surface area (Å²) >= 11 is 0. The van der Waals surface area contributed by atoms with E-state index in [-0.39, 0.29) is 16.8 Å². The molecule has 0 aliphatic heterocycles. The largest absolute Gasteiger partial charge is 0.350 e. The number of rotatable bonds is 6. The Morgan fingerprint density at radius 2 is 2.07 bits per heavy atom. The van der Waals surface area contributed by atoms with E-state index in [1.165, 1.54) is 6.92 Å². The van der Waals surface area contributed by atoms with Gasteiger partial charge in [-0.3, -0.25) is 9.48 Å². The molecule has 2 aromatic rings. The molecule has 146 valence electrons. The van der Waals surface area contributed by atoms with Crippen LogP contribution in [0.4, 0.5) is 0 Å². The van der Waals surface area contributed by atoms with Crippen LogP contribution in [-0.2, 0) is 34.7 Å². The first-order chi connectivity index (χ1) is 12.7. The maximum Gasteiger partial charge on any atom is 0.240 e. The molecule has 1 atom stereocenters. The van der Waals surface area contributed by atoms with Crippen molar-refractivity contribution in [2.45, 2.75) is 51.0 Å². The Balaban J connectivity index is 1.73. The van der Waals surface area contributed by atoms with E-state index in [9.17, 15) is 13.2 Å². The number of benzene rings is 1. The van der Waals surface area contributed by atoms with Gasteiger partial charge in [-0.2, -0.15) is 5.10 Å². The van der Waals surface area contributed by atoms with Gasteiger partial charge in [0.25, 0.3) is 0 Å². The lowest BCUT2D eigenvalue weighted by Gasteiger charge is -2.14. The molecule has 1 amide bonds. The van der Waals surface area contributed by atoms with Crippen molar-refractivity contribution in [1.82, 2.24) is 19.8 Å². The number of amides is 1. The first-order valence-corrected chi connectivity index (χ1v) is 10.6. The Hall–Kier alpha value is -2.19. The van der Waals surface area contributed by atoms with Gasteiger partial charge in [0, 0.05) is 26.2 Å². The first-order valence-electron chi connectivity index (χ1n) is 9.07. The highest BCUT2D eigenvalue weighted by Gasteiger charge is 2.25. The molecule has 7 nitrogen and oxygen atoms in total. The minimum Gasteiger partial charge on any atom is -0.350 e. The quantitative estimate of drug-likeness (QED) is 0.785. The zero-order valence-electron chi connectivity index (χ0n) is 16.2. The van der Waals surface area contributed by atoms with Crippen molar-refractivity contribution >= 4 is 15.9 Å². The zero-order valence-corrected chi connectivity index (χ0v) is 17.0. The second-order valence-electron chi connectivity index (χ2n) is 7.07. The molecule has 0 saturated carbocycles. The van der Waals surface area contributed by atoms with Crippen LogP contribution in [0.2, 0.25) is 0 Å². The number of carbonyl (C=O) groups excluding carboxylic acids is 1. The van der Waals surface area contributed by atoms with Gasteiger partial charge in [-0.25, -0.2) is 13.1 Å². The summed E-state index contributed by atoms with van der Waals surface area (Å²) in [6.45, 7) is 5.69. The van der Waals surface area contributed by atoms with E-state index in [1.54, 1.807) is 12.1 Å².